The molecule has 63 heavy (non-hydrogen) atoms. The van der Waals surface area contributed by atoms with Crippen molar-refractivity contribution in [3.05, 3.63) is 212 Å². The van der Waals surface area contributed by atoms with Crippen LogP contribution in [0.1, 0.15) is 8.22 Å². The second-order valence-electron chi connectivity index (χ2n) is 15.5. The molecule has 0 amide bonds. The van der Waals surface area contributed by atoms with Gasteiger partial charge < -0.3 is 8.98 Å². The van der Waals surface area contributed by atoms with E-state index in [0.717, 1.165) is 49.3 Å². The number of nitrogens with zero attached hydrogens (tertiary/aromatic N) is 5. The van der Waals surface area contributed by atoms with Crippen molar-refractivity contribution in [2.75, 3.05) is 0 Å². The normalized spacial score (nSPS) is 13.1. The Morgan fingerprint density at radius 1 is 0.381 bits per heavy atom. The Morgan fingerprint density at radius 2 is 1.00 bits per heavy atom. The second-order valence-corrected chi connectivity index (χ2v) is 15.5. The van der Waals surface area contributed by atoms with Crippen molar-refractivity contribution in [2.45, 2.75) is 0 Å². The third-order valence-electron chi connectivity index (χ3n) is 12.0. The summed E-state index contributed by atoms with van der Waals surface area (Å²) in [6.45, 7) is 0. The molecule has 0 aliphatic heterocycles. The lowest BCUT2D eigenvalue weighted by molar-refractivity contribution is 0.670. The summed E-state index contributed by atoms with van der Waals surface area (Å²) in [5, 5.41) is 4.14. The third kappa shape index (κ3) is 5.48. The topological polar surface area (TPSA) is 61.7 Å². The highest BCUT2D eigenvalue weighted by Crippen LogP contribution is 2.44. The van der Waals surface area contributed by atoms with Crippen molar-refractivity contribution in [3.8, 4) is 56.7 Å². The minimum atomic E-state index is -0.211. The molecule has 0 aliphatic carbocycles. The van der Waals surface area contributed by atoms with E-state index in [1.54, 1.807) is 4.57 Å². The molecule has 6 heteroatoms. The highest BCUT2D eigenvalue weighted by Gasteiger charge is 2.25. The van der Waals surface area contributed by atoms with Crippen LogP contribution < -0.4 is 0 Å². The van der Waals surface area contributed by atoms with Crippen LogP contribution in [0.4, 0.5) is 0 Å². The maximum Gasteiger partial charge on any atom is 0.238 e. The van der Waals surface area contributed by atoms with E-state index in [1.807, 2.05) is 121 Å². The summed E-state index contributed by atoms with van der Waals surface area (Å²) in [5.41, 5.74) is 8.71. The number of para-hydroxylation sites is 6. The number of furan rings is 1. The largest absolute Gasteiger partial charge is 0.455 e. The molecule has 13 aromatic rings. The first kappa shape index (κ1) is 29.6. The van der Waals surface area contributed by atoms with Crippen LogP contribution in [0.3, 0.4) is 0 Å². The maximum absolute atomic E-state index is 9.51. The SMILES string of the molecule is [2H]c1cc([2H])c2c(c1[2H])c1c([2H])c([2H])cc([2H])c1n2-c1c(-c2nc(-c3ccccc3)nc(-n3c4ccccc4c4cc(-c5ccccc5)ccc43)n2)cccc1-c1cccc2c1oc1ccccc12. The first-order valence-corrected chi connectivity index (χ1v) is 20.7. The van der Waals surface area contributed by atoms with E-state index >= 15 is 0 Å². The Kier molecular flexibility index (Phi) is 6.56. The zero-order valence-electron chi connectivity index (χ0n) is 39.4. The van der Waals surface area contributed by atoms with Gasteiger partial charge in [0.25, 0.3) is 0 Å². The van der Waals surface area contributed by atoms with E-state index in [1.165, 1.54) is 12.1 Å². The van der Waals surface area contributed by atoms with Crippen molar-refractivity contribution in [1.29, 1.82) is 0 Å². The summed E-state index contributed by atoms with van der Waals surface area (Å²) in [6, 6.07) is 55.8. The molecule has 4 aromatic heterocycles. The molecule has 13 rings (SSSR count). The zero-order valence-corrected chi connectivity index (χ0v) is 33.4. The maximum atomic E-state index is 9.51. The second kappa shape index (κ2) is 14.0. The smallest absolute Gasteiger partial charge is 0.238 e. The fourth-order valence-corrected chi connectivity index (χ4v) is 9.18. The molecule has 0 N–H and O–H groups in total. The van der Waals surface area contributed by atoms with Crippen molar-refractivity contribution >= 4 is 65.6 Å². The van der Waals surface area contributed by atoms with E-state index in [2.05, 4.69) is 47.0 Å². The van der Waals surface area contributed by atoms with E-state index < -0.39 is 0 Å². The van der Waals surface area contributed by atoms with Crippen LogP contribution in [0.5, 0.6) is 0 Å². The van der Waals surface area contributed by atoms with Crippen LogP contribution in [-0.4, -0.2) is 24.1 Å². The van der Waals surface area contributed by atoms with Gasteiger partial charge in [0.2, 0.25) is 5.95 Å². The van der Waals surface area contributed by atoms with Crippen molar-refractivity contribution in [2.24, 2.45) is 0 Å². The zero-order chi connectivity index (χ0) is 46.7. The number of rotatable bonds is 6. The monoisotopic (exact) mass is 811 g/mol. The first-order chi connectivity index (χ1) is 33.7. The van der Waals surface area contributed by atoms with Gasteiger partial charge in [0.15, 0.2) is 11.6 Å². The minimum Gasteiger partial charge on any atom is -0.455 e. The summed E-state index contributed by atoms with van der Waals surface area (Å²) < 4.78 is 65.6. The van der Waals surface area contributed by atoms with Gasteiger partial charge in [-0.15, -0.1) is 0 Å². The lowest BCUT2D eigenvalue weighted by Crippen LogP contribution is -2.08. The average molecular weight is 812 g/mol. The molecule has 0 spiro atoms. The fraction of sp³-hybridized carbons (Fsp3) is 0. The standard InChI is InChI=1S/C57H35N5O/c1-3-17-36(18-4-1)38-33-34-51-47(35-38)41-23-9-13-31-50(41)62(51)57-59-55(37-19-5-2-6-20-37)58-56(60-57)46-28-15-25-43(45-27-16-26-44-42-24-10-14-32-52(42)63-54(44)45)53(46)61-48-29-11-7-21-39(48)40-22-8-12-30-49(40)61/h1-35H/i7D,8D,21D,22D,29D,30D. The van der Waals surface area contributed by atoms with Crippen LogP contribution in [0.25, 0.3) is 122 Å². The highest BCUT2D eigenvalue weighted by molar-refractivity contribution is 6.14. The van der Waals surface area contributed by atoms with E-state index in [4.69, 9.17) is 22.1 Å². The molecule has 4 heterocycles. The van der Waals surface area contributed by atoms with Gasteiger partial charge in [-0.05, 0) is 53.5 Å². The van der Waals surface area contributed by atoms with Crippen molar-refractivity contribution in [1.82, 2.24) is 24.1 Å². The molecule has 294 valence electrons. The van der Waals surface area contributed by atoms with E-state index in [9.17, 15) is 5.48 Å². The molecular weight excluding hydrogens is 771 g/mol. The Morgan fingerprint density at radius 3 is 1.79 bits per heavy atom. The quantitative estimate of drug-likeness (QED) is 0.168. The predicted octanol–water partition coefficient (Wildman–Crippen LogP) is 14.6. The molecule has 6 nitrogen and oxygen atoms in total. The van der Waals surface area contributed by atoms with Crippen LogP contribution in [0, 0.1) is 0 Å². The summed E-state index contributed by atoms with van der Waals surface area (Å²) in [4.78, 5) is 15.9. The number of fused-ring (bicyclic) bond motifs is 9. The van der Waals surface area contributed by atoms with Crippen LogP contribution in [0.15, 0.2) is 217 Å². The summed E-state index contributed by atoms with van der Waals surface area (Å²) in [5.74, 6) is 1.04. The van der Waals surface area contributed by atoms with Crippen molar-refractivity contribution in [3.63, 3.8) is 0 Å². The van der Waals surface area contributed by atoms with Gasteiger partial charge in [0, 0.05) is 54.6 Å². The average Bonchev–Trinajstić information content (AvgIpc) is 4.06. The van der Waals surface area contributed by atoms with Crippen LogP contribution >= 0.6 is 0 Å². The van der Waals surface area contributed by atoms with Gasteiger partial charge in [-0.2, -0.15) is 9.97 Å². The van der Waals surface area contributed by atoms with Gasteiger partial charge >= 0.3 is 0 Å². The Balaban J connectivity index is 1.18. The molecule has 9 aromatic carbocycles. The third-order valence-corrected chi connectivity index (χ3v) is 12.0. The number of benzene rings is 9. The van der Waals surface area contributed by atoms with Gasteiger partial charge in [-0.25, -0.2) is 4.98 Å². The van der Waals surface area contributed by atoms with Crippen LogP contribution in [0.2, 0.25) is 0 Å². The summed E-state index contributed by atoms with van der Waals surface area (Å²) in [7, 11) is 0. The molecule has 0 unspecified atom stereocenters. The van der Waals surface area contributed by atoms with Gasteiger partial charge in [-0.1, -0.05) is 170 Å². The summed E-state index contributed by atoms with van der Waals surface area (Å²) >= 11 is 0. The first-order valence-electron chi connectivity index (χ1n) is 23.7. The number of hydrogen-bond acceptors (Lipinski definition) is 4. The Hall–Kier alpha value is -8.61. The van der Waals surface area contributed by atoms with Crippen LogP contribution in [-0.2, 0) is 0 Å². The molecule has 0 atom stereocenters. The molecule has 0 radical (unpaired) electrons. The summed E-state index contributed by atoms with van der Waals surface area (Å²) in [6.07, 6.45) is 0. The Labute approximate surface area is 370 Å². The fourth-order valence-electron chi connectivity index (χ4n) is 9.18. The number of hydrogen-bond donors (Lipinski definition) is 0. The Bertz CT molecular complexity index is 4210. The predicted molar refractivity (Wildman–Crippen MR) is 258 cm³/mol. The van der Waals surface area contributed by atoms with E-state index in [-0.39, 0.29) is 63.9 Å². The molecule has 0 saturated carbocycles. The lowest BCUT2D eigenvalue weighted by Gasteiger charge is -2.19. The molecule has 0 saturated heterocycles. The minimum absolute atomic E-state index is 0.0864. The highest BCUT2D eigenvalue weighted by atomic mass is 16.3. The van der Waals surface area contributed by atoms with Crippen molar-refractivity contribution < 1.29 is 12.6 Å². The van der Waals surface area contributed by atoms with Gasteiger partial charge in [-0.3, -0.25) is 4.57 Å². The molecule has 0 fully saturated rings. The van der Waals surface area contributed by atoms with Gasteiger partial charge in [0.05, 0.1) is 36.0 Å². The van der Waals surface area contributed by atoms with Gasteiger partial charge in [0.1, 0.15) is 11.2 Å². The van der Waals surface area contributed by atoms with E-state index in [0.29, 0.717) is 45.3 Å². The molecule has 0 bridgehead atoms. The molecular formula is C57H35N5O. The molecule has 0 aliphatic rings. The lowest BCUT2D eigenvalue weighted by atomic mass is 9.97. The number of aromatic nitrogens is 5.